The second-order valence-electron chi connectivity index (χ2n) is 6.72. The lowest BCUT2D eigenvalue weighted by Crippen LogP contribution is -2.47. The minimum atomic E-state index is -1.02. The molecule has 1 atom stereocenters. The van der Waals surface area contributed by atoms with Crippen LogP contribution in [0.4, 0.5) is 13.6 Å². The van der Waals surface area contributed by atoms with Crippen molar-refractivity contribution in [2.75, 3.05) is 0 Å². The zero-order chi connectivity index (χ0) is 18.5. The Morgan fingerprint density at radius 2 is 1.79 bits per heavy atom. The smallest absolute Gasteiger partial charge is 0.408 e. The first-order valence-corrected chi connectivity index (χ1v) is 7.59. The highest BCUT2D eigenvalue weighted by molar-refractivity contribution is 5.81. The summed E-state index contributed by atoms with van der Waals surface area (Å²) in [5.41, 5.74) is -0.386. The Bertz CT molecular complexity index is 597. The van der Waals surface area contributed by atoms with Crippen LogP contribution >= 0.6 is 0 Å². The Hall–Kier alpha value is -2.18. The number of hydrogen-bond donors (Lipinski definition) is 1. The number of amides is 1. The first kappa shape index (κ1) is 19.9. The van der Waals surface area contributed by atoms with E-state index < -0.39 is 35.3 Å². The van der Waals surface area contributed by atoms with Crippen LogP contribution < -0.4 is 5.32 Å². The molecule has 0 aliphatic carbocycles. The minimum absolute atomic E-state index is 0.227. The molecule has 0 fully saturated rings. The molecule has 0 aromatic heterocycles. The molecular weight excluding hydrogens is 320 g/mol. The van der Waals surface area contributed by atoms with Crippen LogP contribution in [0.25, 0.3) is 0 Å². The number of carbonyl (C=O) groups is 2. The molecule has 7 heteroatoms. The van der Waals surface area contributed by atoms with Crippen molar-refractivity contribution in [3.05, 3.63) is 35.4 Å². The maximum absolute atomic E-state index is 13.1. The monoisotopic (exact) mass is 343 g/mol. The Labute approximate surface area is 140 Å². The average molecular weight is 343 g/mol. The number of nitrogens with one attached hydrogen (secondary N) is 1. The molecule has 0 radical (unpaired) electrons. The molecule has 1 amide bonds. The zero-order valence-corrected chi connectivity index (χ0v) is 14.5. The average Bonchev–Trinajstić information content (AvgIpc) is 2.43. The van der Waals surface area contributed by atoms with E-state index in [0.717, 1.165) is 12.1 Å². The highest BCUT2D eigenvalue weighted by atomic mass is 19.2. The van der Waals surface area contributed by atoms with Crippen molar-refractivity contribution in [1.82, 2.24) is 5.32 Å². The van der Waals surface area contributed by atoms with E-state index in [-0.39, 0.29) is 12.5 Å². The number of rotatable bonds is 5. The lowest BCUT2D eigenvalue weighted by Gasteiger charge is -2.24. The molecule has 24 heavy (non-hydrogen) atoms. The SMILES string of the molecule is CC(C)[C@H](NC(=O)OC(C)(C)C)C(=O)OCc1ccc(F)c(F)c1. The summed E-state index contributed by atoms with van der Waals surface area (Å²) in [6.45, 7) is 8.37. The standard InChI is InChI=1S/C17H23F2NO4/c1-10(2)14(20-16(22)24-17(3,4)5)15(21)23-9-11-6-7-12(18)13(19)8-11/h6-8,10,14H,9H2,1-5H3,(H,20,22)/t14-/m0/s1. The zero-order valence-electron chi connectivity index (χ0n) is 14.5. The van der Waals surface area contributed by atoms with Gasteiger partial charge in [0.05, 0.1) is 0 Å². The van der Waals surface area contributed by atoms with Gasteiger partial charge in [-0.25, -0.2) is 18.4 Å². The molecule has 134 valence electrons. The van der Waals surface area contributed by atoms with Gasteiger partial charge in [0.15, 0.2) is 11.6 Å². The van der Waals surface area contributed by atoms with Crippen molar-refractivity contribution >= 4 is 12.1 Å². The topological polar surface area (TPSA) is 64.6 Å². The van der Waals surface area contributed by atoms with E-state index in [1.54, 1.807) is 34.6 Å². The van der Waals surface area contributed by atoms with E-state index in [0.29, 0.717) is 5.56 Å². The molecule has 1 N–H and O–H groups in total. The van der Waals surface area contributed by atoms with Crippen LogP contribution in [0.2, 0.25) is 0 Å². The van der Waals surface area contributed by atoms with Crippen molar-refractivity contribution in [3.63, 3.8) is 0 Å². The normalized spacial score (nSPS) is 12.7. The summed E-state index contributed by atoms with van der Waals surface area (Å²) < 4.78 is 36.2. The molecule has 0 unspecified atom stereocenters. The molecule has 0 heterocycles. The molecular formula is C17H23F2NO4. The van der Waals surface area contributed by atoms with Crippen molar-refractivity contribution in [1.29, 1.82) is 0 Å². The van der Waals surface area contributed by atoms with Gasteiger partial charge in [0.1, 0.15) is 18.2 Å². The van der Waals surface area contributed by atoms with Gasteiger partial charge >= 0.3 is 12.1 Å². The number of halogens is 2. The maximum Gasteiger partial charge on any atom is 0.408 e. The summed E-state index contributed by atoms with van der Waals surface area (Å²) in [4.78, 5) is 24.0. The summed E-state index contributed by atoms with van der Waals surface area (Å²) in [6, 6.07) is 2.31. The van der Waals surface area contributed by atoms with Crippen molar-refractivity contribution in [2.45, 2.75) is 52.9 Å². The predicted molar refractivity (Wildman–Crippen MR) is 84.1 cm³/mol. The van der Waals surface area contributed by atoms with E-state index in [1.165, 1.54) is 6.07 Å². The number of hydrogen-bond acceptors (Lipinski definition) is 4. The Morgan fingerprint density at radius 3 is 2.29 bits per heavy atom. The van der Waals surface area contributed by atoms with E-state index in [1.807, 2.05) is 0 Å². The first-order chi connectivity index (χ1) is 11.0. The molecule has 0 spiro atoms. The van der Waals surface area contributed by atoms with Gasteiger partial charge in [-0.2, -0.15) is 0 Å². The third-order valence-corrected chi connectivity index (χ3v) is 2.96. The Kier molecular flexibility index (Phi) is 6.69. The van der Waals surface area contributed by atoms with Gasteiger partial charge in [0.25, 0.3) is 0 Å². The molecule has 0 aliphatic rings. The lowest BCUT2D eigenvalue weighted by atomic mass is 10.1. The van der Waals surface area contributed by atoms with Gasteiger partial charge in [0.2, 0.25) is 0 Å². The van der Waals surface area contributed by atoms with E-state index in [9.17, 15) is 18.4 Å². The van der Waals surface area contributed by atoms with Crippen LogP contribution in [0.1, 0.15) is 40.2 Å². The van der Waals surface area contributed by atoms with Gasteiger partial charge in [-0.1, -0.05) is 19.9 Å². The fraction of sp³-hybridized carbons (Fsp3) is 0.529. The number of ether oxygens (including phenoxy) is 2. The van der Waals surface area contributed by atoms with Crippen LogP contribution in [-0.2, 0) is 20.9 Å². The van der Waals surface area contributed by atoms with Crippen LogP contribution in [-0.4, -0.2) is 23.7 Å². The Morgan fingerprint density at radius 1 is 1.17 bits per heavy atom. The van der Waals surface area contributed by atoms with Crippen molar-refractivity contribution in [3.8, 4) is 0 Å². The maximum atomic E-state index is 13.1. The fourth-order valence-electron chi connectivity index (χ4n) is 1.81. The predicted octanol–water partition coefficient (Wildman–Crippen LogP) is 3.56. The fourth-order valence-corrected chi connectivity index (χ4v) is 1.81. The highest BCUT2D eigenvalue weighted by Crippen LogP contribution is 2.12. The summed E-state index contributed by atoms with van der Waals surface area (Å²) >= 11 is 0. The molecule has 0 saturated heterocycles. The van der Waals surface area contributed by atoms with E-state index in [4.69, 9.17) is 9.47 Å². The Balaban J connectivity index is 2.66. The molecule has 1 aromatic rings. The number of benzene rings is 1. The highest BCUT2D eigenvalue weighted by Gasteiger charge is 2.28. The van der Waals surface area contributed by atoms with Crippen molar-refractivity contribution < 1.29 is 27.8 Å². The molecule has 0 aliphatic heterocycles. The number of alkyl carbamates (subject to hydrolysis) is 1. The summed E-state index contributed by atoms with van der Waals surface area (Å²) in [7, 11) is 0. The quantitative estimate of drug-likeness (QED) is 0.830. The lowest BCUT2D eigenvalue weighted by molar-refractivity contribution is -0.148. The van der Waals surface area contributed by atoms with Gasteiger partial charge in [-0.05, 0) is 44.4 Å². The molecule has 1 rings (SSSR count). The van der Waals surface area contributed by atoms with E-state index >= 15 is 0 Å². The molecule has 0 bridgehead atoms. The third kappa shape index (κ3) is 6.52. The van der Waals surface area contributed by atoms with Gasteiger partial charge in [-0.3, -0.25) is 0 Å². The number of esters is 1. The molecule has 5 nitrogen and oxygen atoms in total. The summed E-state index contributed by atoms with van der Waals surface area (Å²) in [5, 5.41) is 2.46. The van der Waals surface area contributed by atoms with Crippen LogP contribution in [0.15, 0.2) is 18.2 Å². The van der Waals surface area contributed by atoms with Crippen molar-refractivity contribution in [2.24, 2.45) is 5.92 Å². The van der Waals surface area contributed by atoms with Gasteiger partial charge in [-0.15, -0.1) is 0 Å². The minimum Gasteiger partial charge on any atom is -0.459 e. The second kappa shape index (κ2) is 8.08. The largest absolute Gasteiger partial charge is 0.459 e. The van der Waals surface area contributed by atoms with Crippen LogP contribution in [0, 0.1) is 17.6 Å². The van der Waals surface area contributed by atoms with E-state index in [2.05, 4.69) is 5.32 Å². The second-order valence-corrected chi connectivity index (χ2v) is 6.72. The first-order valence-electron chi connectivity index (χ1n) is 7.59. The third-order valence-electron chi connectivity index (χ3n) is 2.96. The molecule has 0 saturated carbocycles. The van der Waals surface area contributed by atoms with Gasteiger partial charge < -0.3 is 14.8 Å². The molecule has 1 aromatic carbocycles. The van der Waals surface area contributed by atoms with Gasteiger partial charge in [0, 0.05) is 0 Å². The summed E-state index contributed by atoms with van der Waals surface area (Å²) in [5.74, 6) is -2.91. The van der Waals surface area contributed by atoms with Crippen LogP contribution in [0.3, 0.4) is 0 Å². The number of carbonyl (C=O) groups excluding carboxylic acids is 2. The van der Waals surface area contributed by atoms with Crippen LogP contribution in [0.5, 0.6) is 0 Å². The summed E-state index contributed by atoms with van der Waals surface area (Å²) in [6.07, 6.45) is -0.731.